The maximum absolute atomic E-state index is 11.7. The topological polar surface area (TPSA) is 60.8 Å². The van der Waals surface area contributed by atoms with Crippen molar-refractivity contribution in [3.05, 3.63) is 59.2 Å². The average molecular weight is 426 g/mol. The standard InChI is InChI=1S/C27H39NO3/c1-19-7-6-9-20(15-19)11-12-23(29)13-14-24-25-17-21(16-22(25)18-26(24)30)8-4-5-10-27(31)28(2)3/h6-7,9,13-16,22-26,29-30H,4-5,8,10-12,17-18H2,1-3H3/b14-13+/t22-,23-,24+,25-,26+/m0/s1. The van der Waals surface area contributed by atoms with Crippen molar-refractivity contribution < 1.29 is 15.0 Å². The lowest BCUT2D eigenvalue weighted by Gasteiger charge is -2.19. The third-order valence-corrected chi connectivity index (χ3v) is 6.95. The van der Waals surface area contributed by atoms with Crippen LogP contribution in [0.1, 0.15) is 56.1 Å². The minimum Gasteiger partial charge on any atom is -0.392 e. The number of hydrogen-bond donors (Lipinski definition) is 2. The second kappa shape index (κ2) is 11.1. The molecule has 1 amide bonds. The molecular weight excluding hydrogens is 386 g/mol. The monoisotopic (exact) mass is 425 g/mol. The highest BCUT2D eigenvalue weighted by atomic mass is 16.3. The normalized spacial score (nSPS) is 26.2. The maximum Gasteiger partial charge on any atom is 0.222 e. The van der Waals surface area contributed by atoms with Gasteiger partial charge in [-0.1, -0.05) is 53.6 Å². The van der Waals surface area contributed by atoms with Gasteiger partial charge < -0.3 is 15.1 Å². The molecule has 1 aromatic rings. The van der Waals surface area contributed by atoms with Crippen LogP contribution < -0.4 is 0 Å². The van der Waals surface area contributed by atoms with E-state index in [1.807, 2.05) is 20.2 Å². The number of amides is 1. The van der Waals surface area contributed by atoms with E-state index in [-0.39, 0.29) is 17.9 Å². The number of aliphatic hydroxyl groups excluding tert-OH is 2. The SMILES string of the molecule is Cc1cccc(CC[C@H](O)/C=C/[C@@H]2[C@H]3CC(CCCCC(=O)N(C)C)=C[C@H]3C[C@H]2O)c1. The highest BCUT2D eigenvalue weighted by Gasteiger charge is 2.43. The van der Waals surface area contributed by atoms with Crippen molar-refractivity contribution in [2.75, 3.05) is 14.1 Å². The molecular formula is C27H39NO3. The third kappa shape index (κ3) is 6.78. The number of rotatable bonds is 10. The van der Waals surface area contributed by atoms with E-state index in [4.69, 9.17) is 0 Å². The summed E-state index contributed by atoms with van der Waals surface area (Å²) in [6.45, 7) is 2.09. The van der Waals surface area contributed by atoms with Crippen LogP contribution in [0.25, 0.3) is 0 Å². The summed E-state index contributed by atoms with van der Waals surface area (Å²) < 4.78 is 0. The van der Waals surface area contributed by atoms with Crippen molar-refractivity contribution in [1.29, 1.82) is 0 Å². The molecule has 0 aromatic heterocycles. The first-order valence-corrected chi connectivity index (χ1v) is 11.8. The van der Waals surface area contributed by atoms with E-state index >= 15 is 0 Å². The van der Waals surface area contributed by atoms with Gasteiger partial charge in [0.05, 0.1) is 12.2 Å². The molecule has 2 N–H and O–H groups in total. The molecule has 3 rings (SSSR count). The molecule has 170 valence electrons. The number of unbranched alkanes of at least 4 members (excludes halogenated alkanes) is 1. The number of carbonyl (C=O) groups excluding carboxylic acids is 1. The lowest BCUT2D eigenvalue weighted by atomic mass is 9.88. The molecule has 0 bridgehead atoms. The van der Waals surface area contributed by atoms with Gasteiger partial charge >= 0.3 is 0 Å². The second-order valence-corrected chi connectivity index (χ2v) is 9.71. The number of carbonyl (C=O) groups is 1. The summed E-state index contributed by atoms with van der Waals surface area (Å²) in [6, 6.07) is 8.43. The van der Waals surface area contributed by atoms with Gasteiger partial charge in [-0.25, -0.2) is 0 Å². The van der Waals surface area contributed by atoms with Crippen LogP contribution >= 0.6 is 0 Å². The summed E-state index contributed by atoms with van der Waals surface area (Å²) in [5, 5.41) is 21.0. The lowest BCUT2D eigenvalue weighted by Crippen LogP contribution is -2.21. The molecule has 0 aliphatic heterocycles. The molecule has 4 heteroatoms. The van der Waals surface area contributed by atoms with E-state index < -0.39 is 6.10 Å². The predicted octanol–water partition coefficient (Wildman–Crippen LogP) is 4.44. The Morgan fingerprint density at radius 1 is 1.26 bits per heavy atom. The molecule has 31 heavy (non-hydrogen) atoms. The minimum atomic E-state index is -0.477. The van der Waals surface area contributed by atoms with Crippen molar-refractivity contribution in [3.63, 3.8) is 0 Å². The summed E-state index contributed by atoms with van der Waals surface area (Å²) in [7, 11) is 3.61. The van der Waals surface area contributed by atoms with E-state index in [0.29, 0.717) is 24.7 Å². The third-order valence-electron chi connectivity index (χ3n) is 6.95. The first-order valence-electron chi connectivity index (χ1n) is 11.8. The van der Waals surface area contributed by atoms with E-state index in [2.05, 4.69) is 43.3 Å². The van der Waals surface area contributed by atoms with Crippen LogP contribution in [-0.4, -0.2) is 47.3 Å². The first kappa shape index (κ1) is 23.7. The highest BCUT2D eigenvalue weighted by molar-refractivity contribution is 5.75. The summed E-state index contributed by atoms with van der Waals surface area (Å²) in [5.74, 6) is 1.23. The summed E-state index contributed by atoms with van der Waals surface area (Å²) >= 11 is 0. The minimum absolute atomic E-state index is 0.127. The largest absolute Gasteiger partial charge is 0.392 e. The Morgan fingerprint density at radius 2 is 2.06 bits per heavy atom. The van der Waals surface area contributed by atoms with Gasteiger partial charge in [0.1, 0.15) is 0 Å². The van der Waals surface area contributed by atoms with Gasteiger partial charge in [0.25, 0.3) is 0 Å². The molecule has 1 fully saturated rings. The Hall–Kier alpha value is -1.91. The number of aliphatic hydroxyl groups is 2. The van der Waals surface area contributed by atoms with Crippen LogP contribution in [0.3, 0.4) is 0 Å². The fourth-order valence-corrected chi connectivity index (χ4v) is 5.18. The molecule has 2 aliphatic carbocycles. The molecule has 1 aromatic carbocycles. The van der Waals surface area contributed by atoms with Gasteiger partial charge in [-0.2, -0.15) is 0 Å². The van der Waals surface area contributed by atoms with Gasteiger partial charge in [-0.05, 0) is 69.3 Å². The smallest absolute Gasteiger partial charge is 0.222 e. The molecule has 0 unspecified atom stereocenters. The van der Waals surface area contributed by atoms with Crippen LogP contribution in [-0.2, 0) is 11.2 Å². The van der Waals surface area contributed by atoms with E-state index in [0.717, 1.165) is 38.5 Å². The number of nitrogens with zero attached hydrogens (tertiary/aromatic N) is 1. The van der Waals surface area contributed by atoms with Crippen molar-refractivity contribution >= 4 is 5.91 Å². The van der Waals surface area contributed by atoms with Crippen molar-refractivity contribution in [1.82, 2.24) is 4.90 Å². The quantitative estimate of drug-likeness (QED) is 0.430. The number of allylic oxidation sites excluding steroid dienone is 2. The Morgan fingerprint density at radius 3 is 2.81 bits per heavy atom. The van der Waals surface area contributed by atoms with Crippen molar-refractivity contribution in [2.24, 2.45) is 17.8 Å². The fourth-order valence-electron chi connectivity index (χ4n) is 5.18. The molecule has 0 radical (unpaired) electrons. The van der Waals surface area contributed by atoms with Crippen LogP contribution in [0.15, 0.2) is 48.1 Å². The molecule has 0 heterocycles. The zero-order valence-electron chi connectivity index (χ0n) is 19.3. The maximum atomic E-state index is 11.7. The fraction of sp³-hybridized carbons (Fsp3) is 0.593. The summed E-state index contributed by atoms with van der Waals surface area (Å²) in [6.07, 6.45) is 12.6. The van der Waals surface area contributed by atoms with Gasteiger partial charge in [0.15, 0.2) is 0 Å². The van der Waals surface area contributed by atoms with E-state index in [1.54, 1.807) is 4.90 Å². The second-order valence-electron chi connectivity index (χ2n) is 9.71. The summed E-state index contributed by atoms with van der Waals surface area (Å²) in [5.41, 5.74) is 3.99. The van der Waals surface area contributed by atoms with Gasteiger partial charge in [-0.15, -0.1) is 0 Å². The molecule has 0 spiro atoms. The Labute approximate surface area is 187 Å². The lowest BCUT2D eigenvalue weighted by molar-refractivity contribution is -0.128. The molecule has 5 atom stereocenters. The van der Waals surface area contributed by atoms with Crippen LogP contribution in [0.5, 0.6) is 0 Å². The zero-order chi connectivity index (χ0) is 22.4. The molecule has 1 saturated carbocycles. The average Bonchev–Trinajstić information content (AvgIpc) is 3.24. The van der Waals surface area contributed by atoms with E-state index in [9.17, 15) is 15.0 Å². The Kier molecular flexibility index (Phi) is 8.50. The first-order chi connectivity index (χ1) is 14.8. The predicted molar refractivity (Wildman–Crippen MR) is 126 cm³/mol. The number of aryl methyl sites for hydroxylation is 2. The van der Waals surface area contributed by atoms with Gasteiger partial charge in [0.2, 0.25) is 5.91 Å². The van der Waals surface area contributed by atoms with Gasteiger partial charge in [0, 0.05) is 26.4 Å². The van der Waals surface area contributed by atoms with E-state index in [1.165, 1.54) is 16.7 Å². The number of benzene rings is 1. The molecule has 4 nitrogen and oxygen atoms in total. The van der Waals surface area contributed by atoms with Crippen molar-refractivity contribution in [2.45, 2.75) is 70.5 Å². The van der Waals surface area contributed by atoms with Gasteiger partial charge in [-0.3, -0.25) is 4.79 Å². The number of hydrogen-bond acceptors (Lipinski definition) is 3. The highest BCUT2D eigenvalue weighted by Crippen LogP contribution is 2.48. The Balaban J connectivity index is 1.44. The Bertz CT molecular complexity index is 797. The molecule has 0 saturated heterocycles. The van der Waals surface area contributed by atoms with Crippen LogP contribution in [0.4, 0.5) is 0 Å². The zero-order valence-corrected chi connectivity index (χ0v) is 19.3. The summed E-state index contributed by atoms with van der Waals surface area (Å²) in [4.78, 5) is 13.4. The number of fused-ring (bicyclic) bond motifs is 1. The van der Waals surface area contributed by atoms with Crippen LogP contribution in [0.2, 0.25) is 0 Å². The van der Waals surface area contributed by atoms with Crippen molar-refractivity contribution in [3.8, 4) is 0 Å². The van der Waals surface area contributed by atoms with Crippen LogP contribution in [0, 0.1) is 24.7 Å². The molecule has 2 aliphatic rings.